The van der Waals surface area contributed by atoms with Crippen LogP contribution in [-0.2, 0) is 0 Å². The Balaban J connectivity index is 2.42. The summed E-state index contributed by atoms with van der Waals surface area (Å²) >= 11 is 4.59. The second-order valence-corrected chi connectivity index (χ2v) is 4.00. The SMILES string of the molecule is O=C(c1cscn1)c1ncncc1Br. The average molecular weight is 270 g/mol. The molecule has 70 valence electrons. The lowest BCUT2D eigenvalue weighted by Crippen LogP contribution is -2.05. The molecule has 0 aromatic carbocycles. The number of aromatic nitrogens is 3. The molecule has 2 rings (SSSR count). The van der Waals surface area contributed by atoms with E-state index in [1.54, 1.807) is 10.9 Å². The van der Waals surface area contributed by atoms with E-state index < -0.39 is 0 Å². The van der Waals surface area contributed by atoms with Crippen LogP contribution < -0.4 is 0 Å². The fraction of sp³-hybridized carbons (Fsp3) is 0. The van der Waals surface area contributed by atoms with Crippen LogP contribution in [0, 0.1) is 0 Å². The number of halogens is 1. The van der Waals surface area contributed by atoms with E-state index in [-0.39, 0.29) is 5.78 Å². The van der Waals surface area contributed by atoms with Crippen LogP contribution in [0.25, 0.3) is 0 Å². The van der Waals surface area contributed by atoms with E-state index in [1.807, 2.05) is 0 Å². The fourth-order valence-electron chi connectivity index (χ4n) is 0.926. The van der Waals surface area contributed by atoms with E-state index in [0.29, 0.717) is 15.9 Å². The number of thiazole rings is 1. The van der Waals surface area contributed by atoms with Gasteiger partial charge in [-0.3, -0.25) is 4.79 Å². The molecule has 0 amide bonds. The van der Waals surface area contributed by atoms with E-state index in [4.69, 9.17) is 0 Å². The highest BCUT2D eigenvalue weighted by atomic mass is 79.9. The first-order valence-electron chi connectivity index (χ1n) is 3.67. The van der Waals surface area contributed by atoms with E-state index in [0.717, 1.165) is 0 Å². The Hall–Kier alpha value is -1.14. The zero-order valence-electron chi connectivity index (χ0n) is 6.85. The minimum atomic E-state index is -0.194. The molecule has 0 atom stereocenters. The summed E-state index contributed by atoms with van der Waals surface area (Å²) < 4.78 is 0.581. The Labute approximate surface area is 92.2 Å². The van der Waals surface area contributed by atoms with Crippen LogP contribution in [0.4, 0.5) is 0 Å². The van der Waals surface area contributed by atoms with Crippen molar-refractivity contribution in [3.05, 3.63) is 39.3 Å². The minimum Gasteiger partial charge on any atom is -0.285 e. The van der Waals surface area contributed by atoms with E-state index in [1.165, 1.54) is 23.9 Å². The maximum absolute atomic E-state index is 11.8. The van der Waals surface area contributed by atoms with Crippen LogP contribution >= 0.6 is 27.3 Å². The molecule has 0 saturated carbocycles. The lowest BCUT2D eigenvalue weighted by Gasteiger charge is -1.97. The third kappa shape index (κ3) is 1.71. The smallest absolute Gasteiger partial charge is 0.231 e. The Kier molecular flexibility index (Phi) is 2.64. The summed E-state index contributed by atoms with van der Waals surface area (Å²) in [6.07, 6.45) is 2.87. The normalized spacial score (nSPS) is 10.1. The first-order valence-corrected chi connectivity index (χ1v) is 5.41. The van der Waals surface area contributed by atoms with Gasteiger partial charge in [0.25, 0.3) is 0 Å². The van der Waals surface area contributed by atoms with Gasteiger partial charge in [0, 0.05) is 11.6 Å². The summed E-state index contributed by atoms with van der Waals surface area (Å²) in [5.74, 6) is -0.194. The highest BCUT2D eigenvalue weighted by molar-refractivity contribution is 9.10. The van der Waals surface area contributed by atoms with Gasteiger partial charge in [-0.15, -0.1) is 11.3 Å². The zero-order valence-corrected chi connectivity index (χ0v) is 9.25. The molecular weight excluding hydrogens is 266 g/mol. The summed E-state index contributed by atoms with van der Waals surface area (Å²) in [5, 5.41) is 1.69. The Bertz CT molecular complexity index is 457. The number of carbonyl (C=O) groups excluding carboxylic acids is 1. The first-order chi connectivity index (χ1) is 6.79. The topological polar surface area (TPSA) is 55.7 Å². The fourth-order valence-corrected chi connectivity index (χ4v) is 1.86. The molecule has 2 aromatic rings. The number of rotatable bonds is 2. The van der Waals surface area contributed by atoms with E-state index in [9.17, 15) is 4.79 Å². The maximum Gasteiger partial charge on any atom is 0.231 e. The van der Waals surface area contributed by atoms with Crippen molar-refractivity contribution in [2.45, 2.75) is 0 Å². The van der Waals surface area contributed by atoms with Crippen molar-refractivity contribution in [3.8, 4) is 0 Å². The van der Waals surface area contributed by atoms with Crippen LogP contribution in [0.1, 0.15) is 16.2 Å². The molecule has 0 spiro atoms. The van der Waals surface area contributed by atoms with Gasteiger partial charge in [-0.05, 0) is 15.9 Å². The van der Waals surface area contributed by atoms with Crippen LogP contribution in [0.15, 0.2) is 27.9 Å². The van der Waals surface area contributed by atoms with Crippen molar-refractivity contribution in [3.63, 3.8) is 0 Å². The third-order valence-electron chi connectivity index (χ3n) is 1.55. The van der Waals surface area contributed by atoms with E-state index in [2.05, 4.69) is 30.9 Å². The molecule has 6 heteroatoms. The highest BCUT2D eigenvalue weighted by Gasteiger charge is 2.15. The first kappa shape index (κ1) is 9.42. The predicted molar refractivity (Wildman–Crippen MR) is 55.3 cm³/mol. The Morgan fingerprint density at radius 2 is 2.29 bits per heavy atom. The maximum atomic E-state index is 11.8. The molecule has 4 nitrogen and oxygen atoms in total. The lowest BCUT2D eigenvalue weighted by molar-refractivity contribution is 0.102. The van der Waals surface area contributed by atoms with Crippen LogP contribution in [0.5, 0.6) is 0 Å². The standard InChI is InChI=1S/C8H4BrN3OS/c9-5-1-10-3-11-7(5)8(13)6-2-14-4-12-6/h1-4H. The summed E-state index contributed by atoms with van der Waals surface area (Å²) in [4.78, 5) is 23.3. The molecule has 14 heavy (non-hydrogen) atoms. The van der Waals surface area contributed by atoms with Gasteiger partial charge in [0.1, 0.15) is 17.7 Å². The molecule has 0 aliphatic heterocycles. The lowest BCUT2D eigenvalue weighted by atomic mass is 10.2. The van der Waals surface area contributed by atoms with Gasteiger partial charge in [0.15, 0.2) is 0 Å². The summed E-state index contributed by atoms with van der Waals surface area (Å²) in [6, 6.07) is 0. The molecule has 0 unspecified atom stereocenters. The molecular formula is C8H4BrN3OS. The van der Waals surface area contributed by atoms with Gasteiger partial charge in [-0.25, -0.2) is 15.0 Å². The summed E-state index contributed by atoms with van der Waals surface area (Å²) in [5.41, 5.74) is 2.36. The molecule has 0 aliphatic carbocycles. The Morgan fingerprint density at radius 3 is 2.93 bits per heavy atom. The van der Waals surface area contributed by atoms with Crippen molar-refractivity contribution in [2.75, 3.05) is 0 Å². The van der Waals surface area contributed by atoms with Gasteiger partial charge in [0.05, 0.1) is 9.98 Å². The Morgan fingerprint density at radius 1 is 1.43 bits per heavy atom. The number of hydrogen-bond donors (Lipinski definition) is 0. The molecule has 0 N–H and O–H groups in total. The van der Waals surface area contributed by atoms with Crippen molar-refractivity contribution < 1.29 is 4.79 Å². The molecule has 0 radical (unpaired) electrons. The molecule has 0 bridgehead atoms. The molecule has 0 fully saturated rings. The van der Waals surface area contributed by atoms with Crippen LogP contribution in [0.3, 0.4) is 0 Å². The monoisotopic (exact) mass is 269 g/mol. The summed E-state index contributed by atoms with van der Waals surface area (Å²) in [6.45, 7) is 0. The zero-order chi connectivity index (χ0) is 9.97. The number of carbonyl (C=O) groups is 1. The van der Waals surface area contributed by atoms with Gasteiger partial charge in [0.2, 0.25) is 5.78 Å². The van der Waals surface area contributed by atoms with Crippen LogP contribution in [0.2, 0.25) is 0 Å². The van der Waals surface area contributed by atoms with Gasteiger partial charge < -0.3 is 0 Å². The third-order valence-corrected chi connectivity index (χ3v) is 2.71. The number of ketones is 1. The highest BCUT2D eigenvalue weighted by Crippen LogP contribution is 2.16. The second-order valence-electron chi connectivity index (χ2n) is 2.42. The molecule has 0 saturated heterocycles. The van der Waals surface area contributed by atoms with Crippen molar-refractivity contribution >= 4 is 33.0 Å². The quantitative estimate of drug-likeness (QED) is 0.782. The second kappa shape index (κ2) is 3.93. The summed E-state index contributed by atoms with van der Waals surface area (Å²) in [7, 11) is 0. The van der Waals surface area contributed by atoms with E-state index >= 15 is 0 Å². The van der Waals surface area contributed by atoms with Gasteiger partial charge in [-0.2, -0.15) is 0 Å². The van der Waals surface area contributed by atoms with Gasteiger partial charge in [-0.1, -0.05) is 0 Å². The van der Waals surface area contributed by atoms with Crippen molar-refractivity contribution in [1.29, 1.82) is 0 Å². The number of nitrogens with zero attached hydrogens (tertiary/aromatic N) is 3. The number of hydrogen-bond acceptors (Lipinski definition) is 5. The average Bonchev–Trinajstić information content (AvgIpc) is 2.70. The largest absolute Gasteiger partial charge is 0.285 e. The molecule has 0 aliphatic rings. The minimum absolute atomic E-state index is 0.194. The molecule has 2 aromatic heterocycles. The van der Waals surface area contributed by atoms with Crippen LogP contribution in [-0.4, -0.2) is 20.7 Å². The molecule has 2 heterocycles. The van der Waals surface area contributed by atoms with Crippen molar-refractivity contribution in [1.82, 2.24) is 15.0 Å². The predicted octanol–water partition coefficient (Wildman–Crippen LogP) is 1.93. The van der Waals surface area contributed by atoms with Gasteiger partial charge >= 0.3 is 0 Å². The van der Waals surface area contributed by atoms with Crippen molar-refractivity contribution in [2.24, 2.45) is 0 Å².